The second-order valence-electron chi connectivity index (χ2n) is 4.09. The third kappa shape index (κ3) is 3.40. The molecule has 0 saturated carbocycles. The van der Waals surface area contributed by atoms with Crippen molar-refractivity contribution in [3.63, 3.8) is 0 Å². The van der Waals surface area contributed by atoms with Gasteiger partial charge in [0.05, 0.1) is 11.7 Å². The van der Waals surface area contributed by atoms with E-state index in [1.54, 1.807) is 6.92 Å². The van der Waals surface area contributed by atoms with Gasteiger partial charge in [0, 0.05) is 26.3 Å². The molecule has 6 heteroatoms. The summed E-state index contributed by atoms with van der Waals surface area (Å²) < 4.78 is 14.0. The van der Waals surface area contributed by atoms with Crippen LogP contribution in [0.2, 0.25) is 0 Å². The second kappa shape index (κ2) is 6.30. The van der Waals surface area contributed by atoms with Crippen LogP contribution in [0.1, 0.15) is 24.2 Å². The molecule has 1 unspecified atom stereocenters. The number of pyridine rings is 1. The highest BCUT2D eigenvalue weighted by Gasteiger charge is 2.19. The maximum atomic E-state index is 14.0. The van der Waals surface area contributed by atoms with Gasteiger partial charge in [0.2, 0.25) is 0 Å². The summed E-state index contributed by atoms with van der Waals surface area (Å²) in [6.07, 6.45) is 0.724. The van der Waals surface area contributed by atoms with Gasteiger partial charge in [-0.3, -0.25) is 4.79 Å². The highest BCUT2D eigenvalue weighted by molar-refractivity contribution is 5.95. The van der Waals surface area contributed by atoms with Crippen LogP contribution in [-0.2, 0) is 0 Å². The molecular weight excluding hydrogens is 237 g/mol. The molecule has 0 spiro atoms. The van der Waals surface area contributed by atoms with Gasteiger partial charge < -0.3 is 15.3 Å². The highest BCUT2D eigenvalue weighted by atomic mass is 19.1. The normalized spacial score (nSPS) is 12.1. The van der Waals surface area contributed by atoms with Crippen molar-refractivity contribution in [1.82, 2.24) is 9.88 Å². The summed E-state index contributed by atoms with van der Waals surface area (Å²) in [6.45, 7) is 4.05. The lowest BCUT2D eigenvalue weighted by Crippen LogP contribution is -2.33. The van der Waals surface area contributed by atoms with Gasteiger partial charge >= 0.3 is 0 Å². The average molecular weight is 255 g/mol. The Hall–Kier alpha value is -1.69. The van der Waals surface area contributed by atoms with E-state index in [1.165, 1.54) is 24.2 Å². The standard InChI is InChI=1S/C12H18FN3O2/c1-4-14-11-10(13)9(5-6-15-11)12(18)16(3)7-8(2)17/h5-6,8,17H,4,7H2,1-3H3,(H,14,15). The molecule has 0 aliphatic rings. The topological polar surface area (TPSA) is 65.5 Å². The van der Waals surface area contributed by atoms with Gasteiger partial charge in [0.15, 0.2) is 11.6 Å². The average Bonchev–Trinajstić information content (AvgIpc) is 2.30. The third-order valence-electron chi connectivity index (χ3n) is 2.35. The monoisotopic (exact) mass is 255 g/mol. The first-order valence-corrected chi connectivity index (χ1v) is 5.79. The Labute approximate surface area is 106 Å². The lowest BCUT2D eigenvalue weighted by Gasteiger charge is -2.19. The Kier molecular flexibility index (Phi) is 5.03. The number of carbonyl (C=O) groups excluding carboxylic acids is 1. The summed E-state index contributed by atoms with van der Waals surface area (Å²) in [4.78, 5) is 17.1. The Bertz CT molecular complexity index is 424. The van der Waals surface area contributed by atoms with Crippen LogP contribution in [0.4, 0.5) is 10.2 Å². The van der Waals surface area contributed by atoms with E-state index in [9.17, 15) is 14.3 Å². The number of halogens is 1. The predicted octanol–water partition coefficient (Wildman–Crippen LogP) is 1.11. The fraction of sp³-hybridized carbons (Fsp3) is 0.500. The number of aromatic nitrogens is 1. The highest BCUT2D eigenvalue weighted by Crippen LogP contribution is 2.16. The summed E-state index contributed by atoms with van der Waals surface area (Å²) in [6, 6.07) is 1.33. The number of hydrogen-bond donors (Lipinski definition) is 2. The van der Waals surface area contributed by atoms with E-state index in [2.05, 4.69) is 10.3 Å². The van der Waals surface area contributed by atoms with E-state index in [-0.39, 0.29) is 17.9 Å². The number of hydrogen-bond acceptors (Lipinski definition) is 4. The van der Waals surface area contributed by atoms with Crippen LogP contribution in [-0.4, -0.2) is 47.1 Å². The molecule has 5 nitrogen and oxygen atoms in total. The Balaban J connectivity index is 2.95. The molecule has 0 bridgehead atoms. The molecule has 1 aromatic rings. The minimum absolute atomic E-state index is 0.0518. The molecule has 2 N–H and O–H groups in total. The number of rotatable bonds is 5. The number of carbonyl (C=O) groups is 1. The minimum atomic E-state index is -0.665. The van der Waals surface area contributed by atoms with Gasteiger partial charge in [-0.1, -0.05) is 0 Å². The number of aliphatic hydroxyl groups excluding tert-OH is 1. The summed E-state index contributed by atoms with van der Waals surface area (Å²) in [7, 11) is 1.52. The van der Waals surface area contributed by atoms with Crippen LogP contribution in [0.15, 0.2) is 12.3 Å². The number of aliphatic hydroxyl groups is 1. The molecule has 1 amide bonds. The van der Waals surface area contributed by atoms with Crippen LogP contribution in [0.3, 0.4) is 0 Å². The molecule has 1 rings (SSSR count). The molecule has 100 valence electrons. The summed E-state index contributed by atoms with van der Waals surface area (Å²) in [5.41, 5.74) is -0.0518. The Morgan fingerprint density at radius 2 is 2.33 bits per heavy atom. The number of amides is 1. The van der Waals surface area contributed by atoms with E-state index >= 15 is 0 Å². The number of nitrogens with one attached hydrogen (secondary N) is 1. The maximum absolute atomic E-state index is 14.0. The zero-order chi connectivity index (χ0) is 13.7. The van der Waals surface area contributed by atoms with Crippen molar-refractivity contribution in [3.05, 3.63) is 23.6 Å². The van der Waals surface area contributed by atoms with Gasteiger partial charge in [-0.15, -0.1) is 0 Å². The molecule has 0 radical (unpaired) electrons. The van der Waals surface area contributed by atoms with Crippen molar-refractivity contribution >= 4 is 11.7 Å². The minimum Gasteiger partial charge on any atom is -0.392 e. The summed E-state index contributed by atoms with van der Waals surface area (Å²) in [5, 5.41) is 12.0. The smallest absolute Gasteiger partial charge is 0.256 e. The van der Waals surface area contributed by atoms with Crippen LogP contribution >= 0.6 is 0 Å². The first kappa shape index (κ1) is 14.4. The van der Waals surface area contributed by atoms with Crippen molar-refractivity contribution in [2.45, 2.75) is 20.0 Å². The number of likely N-dealkylation sites (N-methyl/N-ethyl adjacent to an activating group) is 1. The lowest BCUT2D eigenvalue weighted by atomic mass is 10.2. The molecule has 1 atom stereocenters. The fourth-order valence-corrected chi connectivity index (χ4v) is 1.58. The van der Waals surface area contributed by atoms with E-state index < -0.39 is 17.8 Å². The first-order chi connectivity index (χ1) is 8.47. The van der Waals surface area contributed by atoms with E-state index in [0.29, 0.717) is 6.54 Å². The summed E-state index contributed by atoms with van der Waals surface area (Å²) in [5.74, 6) is -1.08. The van der Waals surface area contributed by atoms with Gasteiger partial charge in [-0.05, 0) is 19.9 Å². The third-order valence-corrected chi connectivity index (χ3v) is 2.35. The second-order valence-corrected chi connectivity index (χ2v) is 4.09. The summed E-state index contributed by atoms with van der Waals surface area (Å²) >= 11 is 0. The zero-order valence-corrected chi connectivity index (χ0v) is 10.8. The molecule has 1 aromatic heterocycles. The fourth-order valence-electron chi connectivity index (χ4n) is 1.58. The zero-order valence-electron chi connectivity index (χ0n) is 10.8. The Morgan fingerprint density at radius 1 is 1.67 bits per heavy atom. The van der Waals surface area contributed by atoms with Gasteiger partial charge in [0.1, 0.15) is 0 Å². The molecule has 18 heavy (non-hydrogen) atoms. The van der Waals surface area contributed by atoms with Crippen molar-refractivity contribution in [1.29, 1.82) is 0 Å². The molecule has 0 aliphatic heterocycles. The van der Waals surface area contributed by atoms with Gasteiger partial charge in [-0.2, -0.15) is 0 Å². The molecule has 0 aromatic carbocycles. The van der Waals surface area contributed by atoms with Crippen molar-refractivity contribution in [3.8, 4) is 0 Å². The van der Waals surface area contributed by atoms with Crippen molar-refractivity contribution < 1.29 is 14.3 Å². The molecule has 1 heterocycles. The van der Waals surface area contributed by atoms with Gasteiger partial charge in [0.25, 0.3) is 5.91 Å². The van der Waals surface area contributed by atoms with Crippen LogP contribution < -0.4 is 5.32 Å². The Morgan fingerprint density at radius 3 is 2.89 bits per heavy atom. The molecular formula is C12H18FN3O2. The van der Waals surface area contributed by atoms with Crippen molar-refractivity contribution in [2.24, 2.45) is 0 Å². The maximum Gasteiger partial charge on any atom is 0.256 e. The molecule has 0 fully saturated rings. The van der Waals surface area contributed by atoms with Crippen LogP contribution in [0.5, 0.6) is 0 Å². The van der Waals surface area contributed by atoms with Crippen LogP contribution in [0, 0.1) is 5.82 Å². The predicted molar refractivity (Wildman–Crippen MR) is 67.0 cm³/mol. The van der Waals surface area contributed by atoms with E-state index in [4.69, 9.17) is 0 Å². The number of nitrogens with zero attached hydrogens (tertiary/aromatic N) is 2. The SMILES string of the molecule is CCNc1nccc(C(=O)N(C)CC(C)O)c1F. The number of anilines is 1. The molecule has 0 aliphatic carbocycles. The first-order valence-electron chi connectivity index (χ1n) is 5.79. The van der Waals surface area contributed by atoms with Crippen LogP contribution in [0.25, 0.3) is 0 Å². The quantitative estimate of drug-likeness (QED) is 0.827. The van der Waals surface area contributed by atoms with E-state index in [1.807, 2.05) is 6.92 Å². The lowest BCUT2D eigenvalue weighted by molar-refractivity contribution is 0.0699. The van der Waals surface area contributed by atoms with E-state index in [0.717, 1.165) is 0 Å². The van der Waals surface area contributed by atoms with Crippen molar-refractivity contribution in [2.75, 3.05) is 25.5 Å². The van der Waals surface area contributed by atoms with Gasteiger partial charge in [-0.25, -0.2) is 9.37 Å². The largest absolute Gasteiger partial charge is 0.392 e. The molecule has 0 saturated heterocycles.